The standard InChI is InChI=1S/C17H18N4O2S/c1-4-23-13-7-5-12(6-8-13)15-10-24-17(19-15)14-9-16(18-11(2)22)21(3)20-14/h5-10H,4H2,1-3H3,(H,18,22). The highest BCUT2D eigenvalue weighted by atomic mass is 32.1. The highest BCUT2D eigenvalue weighted by molar-refractivity contribution is 7.13. The van der Waals surface area contributed by atoms with Crippen LogP contribution in [0.3, 0.4) is 0 Å². The number of aryl methyl sites for hydroxylation is 1. The zero-order valence-electron chi connectivity index (χ0n) is 13.7. The van der Waals surface area contributed by atoms with Gasteiger partial charge in [0.25, 0.3) is 0 Å². The second-order valence-electron chi connectivity index (χ2n) is 5.21. The van der Waals surface area contributed by atoms with Crippen molar-refractivity contribution in [2.45, 2.75) is 13.8 Å². The molecule has 0 spiro atoms. The number of rotatable bonds is 5. The molecule has 7 heteroatoms. The molecule has 1 N–H and O–H groups in total. The quantitative estimate of drug-likeness (QED) is 0.769. The van der Waals surface area contributed by atoms with E-state index in [1.54, 1.807) is 11.7 Å². The molecule has 2 heterocycles. The van der Waals surface area contributed by atoms with Gasteiger partial charge in [0.1, 0.15) is 22.3 Å². The summed E-state index contributed by atoms with van der Waals surface area (Å²) in [5, 5.41) is 9.96. The Balaban J connectivity index is 1.84. The SMILES string of the molecule is CCOc1ccc(-c2csc(-c3cc(NC(C)=O)n(C)n3)n2)cc1. The monoisotopic (exact) mass is 342 g/mol. The minimum absolute atomic E-state index is 0.126. The van der Waals surface area contributed by atoms with Crippen molar-refractivity contribution in [3.63, 3.8) is 0 Å². The summed E-state index contributed by atoms with van der Waals surface area (Å²) >= 11 is 1.52. The van der Waals surface area contributed by atoms with E-state index < -0.39 is 0 Å². The van der Waals surface area contributed by atoms with Crippen LogP contribution in [0.15, 0.2) is 35.7 Å². The molecule has 0 bridgehead atoms. The summed E-state index contributed by atoms with van der Waals surface area (Å²) in [5.41, 5.74) is 2.66. The van der Waals surface area contributed by atoms with E-state index >= 15 is 0 Å². The van der Waals surface area contributed by atoms with Gasteiger partial charge in [-0.15, -0.1) is 11.3 Å². The fourth-order valence-corrected chi connectivity index (χ4v) is 3.07. The molecule has 1 amide bonds. The summed E-state index contributed by atoms with van der Waals surface area (Å²) in [7, 11) is 1.79. The van der Waals surface area contributed by atoms with Crippen molar-refractivity contribution in [3.05, 3.63) is 35.7 Å². The van der Waals surface area contributed by atoms with Crippen molar-refractivity contribution in [3.8, 4) is 27.7 Å². The number of amides is 1. The Morgan fingerprint density at radius 2 is 2.04 bits per heavy atom. The third-order valence-electron chi connectivity index (χ3n) is 3.37. The minimum atomic E-state index is -0.126. The summed E-state index contributed by atoms with van der Waals surface area (Å²) in [6.45, 7) is 4.08. The molecule has 0 aliphatic carbocycles. The molecule has 0 unspecified atom stereocenters. The van der Waals surface area contributed by atoms with Crippen LogP contribution in [-0.4, -0.2) is 27.3 Å². The summed E-state index contributed by atoms with van der Waals surface area (Å²) < 4.78 is 7.09. The molecule has 0 aliphatic rings. The van der Waals surface area contributed by atoms with Gasteiger partial charge in [0.15, 0.2) is 0 Å². The van der Waals surface area contributed by atoms with Gasteiger partial charge in [-0.3, -0.25) is 9.48 Å². The van der Waals surface area contributed by atoms with Crippen molar-refractivity contribution >= 4 is 23.1 Å². The molecular formula is C17H18N4O2S. The van der Waals surface area contributed by atoms with Crippen LogP contribution in [0.25, 0.3) is 22.0 Å². The smallest absolute Gasteiger partial charge is 0.222 e. The van der Waals surface area contributed by atoms with Gasteiger partial charge in [-0.25, -0.2) is 4.98 Å². The Hall–Kier alpha value is -2.67. The second kappa shape index (κ2) is 6.84. The van der Waals surface area contributed by atoms with Gasteiger partial charge in [0.05, 0.1) is 12.3 Å². The Bertz CT molecular complexity index is 852. The number of hydrogen-bond donors (Lipinski definition) is 1. The molecule has 0 fully saturated rings. The van der Waals surface area contributed by atoms with Gasteiger partial charge >= 0.3 is 0 Å². The van der Waals surface area contributed by atoms with Crippen LogP contribution in [0.4, 0.5) is 5.82 Å². The van der Waals surface area contributed by atoms with E-state index in [0.717, 1.165) is 27.7 Å². The Kier molecular flexibility index (Phi) is 4.61. The van der Waals surface area contributed by atoms with E-state index in [-0.39, 0.29) is 5.91 Å². The van der Waals surface area contributed by atoms with E-state index in [4.69, 9.17) is 4.74 Å². The highest BCUT2D eigenvalue weighted by Gasteiger charge is 2.12. The molecular weight excluding hydrogens is 324 g/mol. The van der Waals surface area contributed by atoms with E-state index in [1.807, 2.05) is 42.6 Å². The van der Waals surface area contributed by atoms with E-state index in [2.05, 4.69) is 15.4 Å². The van der Waals surface area contributed by atoms with Crippen LogP contribution in [0.5, 0.6) is 5.75 Å². The number of nitrogens with one attached hydrogen (secondary N) is 1. The number of hydrogen-bond acceptors (Lipinski definition) is 5. The summed E-state index contributed by atoms with van der Waals surface area (Å²) in [6.07, 6.45) is 0. The first kappa shape index (κ1) is 16.2. The average molecular weight is 342 g/mol. The lowest BCUT2D eigenvalue weighted by Crippen LogP contribution is -2.09. The Morgan fingerprint density at radius 3 is 2.71 bits per heavy atom. The van der Waals surface area contributed by atoms with E-state index in [9.17, 15) is 4.79 Å². The molecule has 0 saturated heterocycles. The summed E-state index contributed by atoms with van der Waals surface area (Å²) in [5.74, 6) is 1.37. The fraction of sp³-hybridized carbons (Fsp3) is 0.235. The second-order valence-corrected chi connectivity index (χ2v) is 6.07. The molecule has 1 aromatic carbocycles. The van der Waals surface area contributed by atoms with Gasteiger partial charge in [-0.05, 0) is 31.2 Å². The van der Waals surface area contributed by atoms with Crippen molar-refractivity contribution in [2.75, 3.05) is 11.9 Å². The zero-order valence-corrected chi connectivity index (χ0v) is 14.6. The van der Waals surface area contributed by atoms with E-state index in [1.165, 1.54) is 18.3 Å². The largest absolute Gasteiger partial charge is 0.494 e. The zero-order chi connectivity index (χ0) is 17.1. The van der Waals surface area contributed by atoms with Gasteiger partial charge in [-0.1, -0.05) is 0 Å². The van der Waals surface area contributed by atoms with Crippen molar-refractivity contribution < 1.29 is 9.53 Å². The number of benzene rings is 1. The van der Waals surface area contributed by atoms with Crippen molar-refractivity contribution in [1.29, 1.82) is 0 Å². The predicted octanol–water partition coefficient (Wildman–Crippen LogP) is 3.57. The first-order valence-corrected chi connectivity index (χ1v) is 8.45. The summed E-state index contributed by atoms with van der Waals surface area (Å²) in [6, 6.07) is 9.68. The van der Waals surface area contributed by atoms with Gasteiger partial charge in [-0.2, -0.15) is 5.10 Å². The summed E-state index contributed by atoms with van der Waals surface area (Å²) in [4.78, 5) is 15.8. The number of thiazole rings is 1. The molecule has 6 nitrogen and oxygen atoms in total. The van der Waals surface area contributed by atoms with Gasteiger partial charge < -0.3 is 10.1 Å². The highest BCUT2D eigenvalue weighted by Crippen LogP contribution is 2.30. The van der Waals surface area contributed by atoms with Crippen LogP contribution in [0, 0.1) is 0 Å². The van der Waals surface area contributed by atoms with Crippen LogP contribution >= 0.6 is 11.3 Å². The average Bonchev–Trinajstić information content (AvgIpc) is 3.16. The third kappa shape index (κ3) is 3.46. The lowest BCUT2D eigenvalue weighted by Gasteiger charge is -2.03. The maximum absolute atomic E-state index is 11.2. The number of aromatic nitrogens is 3. The normalized spacial score (nSPS) is 10.6. The molecule has 0 atom stereocenters. The van der Waals surface area contributed by atoms with E-state index in [0.29, 0.717) is 12.4 Å². The Morgan fingerprint density at radius 1 is 1.29 bits per heavy atom. The Labute approximate surface area is 144 Å². The van der Waals surface area contributed by atoms with Gasteiger partial charge in [0, 0.05) is 31.0 Å². The molecule has 0 saturated carbocycles. The fourth-order valence-electron chi connectivity index (χ4n) is 2.28. The topological polar surface area (TPSA) is 69.0 Å². The molecule has 0 radical (unpaired) electrons. The van der Waals surface area contributed by atoms with Crippen molar-refractivity contribution in [1.82, 2.24) is 14.8 Å². The lowest BCUT2D eigenvalue weighted by atomic mass is 10.2. The number of nitrogens with zero attached hydrogens (tertiary/aromatic N) is 3. The van der Waals surface area contributed by atoms with Crippen LogP contribution in [-0.2, 0) is 11.8 Å². The number of carbonyl (C=O) groups excluding carboxylic acids is 1. The first-order chi connectivity index (χ1) is 11.6. The number of carbonyl (C=O) groups is 1. The lowest BCUT2D eigenvalue weighted by molar-refractivity contribution is -0.114. The maximum Gasteiger partial charge on any atom is 0.222 e. The van der Waals surface area contributed by atoms with Crippen LogP contribution < -0.4 is 10.1 Å². The molecule has 3 rings (SSSR count). The van der Waals surface area contributed by atoms with Gasteiger partial charge in [0.2, 0.25) is 5.91 Å². The molecule has 124 valence electrons. The number of anilines is 1. The molecule has 2 aromatic heterocycles. The van der Waals surface area contributed by atoms with Crippen LogP contribution in [0.2, 0.25) is 0 Å². The predicted molar refractivity (Wildman–Crippen MR) is 95.2 cm³/mol. The molecule has 24 heavy (non-hydrogen) atoms. The van der Waals surface area contributed by atoms with Crippen LogP contribution in [0.1, 0.15) is 13.8 Å². The number of ether oxygens (including phenoxy) is 1. The third-order valence-corrected chi connectivity index (χ3v) is 4.23. The molecule has 3 aromatic rings. The van der Waals surface area contributed by atoms with Crippen molar-refractivity contribution in [2.24, 2.45) is 7.05 Å². The minimum Gasteiger partial charge on any atom is -0.494 e. The molecule has 0 aliphatic heterocycles. The maximum atomic E-state index is 11.2. The first-order valence-electron chi connectivity index (χ1n) is 7.57.